The first-order valence-corrected chi connectivity index (χ1v) is 10.0. The molecule has 0 amide bonds. The van der Waals surface area contributed by atoms with Crippen molar-refractivity contribution in [1.29, 1.82) is 0 Å². The molecule has 0 bridgehead atoms. The number of hydrogen-bond donors (Lipinski definition) is 1. The fourth-order valence-corrected chi connectivity index (χ4v) is 4.05. The Hall–Kier alpha value is -1.79. The zero-order chi connectivity index (χ0) is 20.3. The van der Waals surface area contributed by atoms with Crippen LogP contribution < -0.4 is 4.90 Å². The van der Waals surface area contributed by atoms with Crippen molar-refractivity contribution in [3.8, 4) is 0 Å². The molecule has 1 fully saturated rings. The first kappa shape index (κ1) is 20.9. The average molecular weight is 411 g/mol. The van der Waals surface area contributed by atoms with Gasteiger partial charge in [-0.2, -0.15) is 0 Å². The van der Waals surface area contributed by atoms with E-state index < -0.39 is 5.92 Å². The molecule has 3 rings (SSSR count). The zero-order valence-corrected chi connectivity index (χ0v) is 16.7. The third-order valence-corrected chi connectivity index (χ3v) is 5.84. The quantitative estimate of drug-likeness (QED) is 0.645. The van der Waals surface area contributed by atoms with Crippen LogP contribution in [0.3, 0.4) is 0 Å². The Morgan fingerprint density at radius 1 is 1.29 bits per heavy atom. The first-order valence-electron chi connectivity index (χ1n) is 9.63. The minimum absolute atomic E-state index is 0.0215. The summed E-state index contributed by atoms with van der Waals surface area (Å²) in [6, 6.07) is 7.06. The van der Waals surface area contributed by atoms with Crippen molar-refractivity contribution in [3.05, 3.63) is 34.9 Å². The number of benzene rings is 1. The molecule has 0 unspecified atom stereocenters. The van der Waals surface area contributed by atoms with E-state index in [2.05, 4.69) is 4.98 Å². The lowest BCUT2D eigenvalue weighted by atomic mass is 9.83. The molecule has 2 aromatic rings. The monoisotopic (exact) mass is 410 g/mol. The molecule has 7 heteroatoms. The highest BCUT2D eigenvalue weighted by Crippen LogP contribution is 2.38. The molecular weight excluding hydrogens is 386 g/mol. The normalized spacial score (nSPS) is 17.0. The molecule has 152 valence electrons. The van der Waals surface area contributed by atoms with E-state index in [0.717, 1.165) is 0 Å². The summed E-state index contributed by atoms with van der Waals surface area (Å²) in [4.78, 5) is 19.3. The number of carbonyl (C=O) groups is 1. The van der Waals surface area contributed by atoms with Crippen LogP contribution in [0.5, 0.6) is 0 Å². The molecule has 1 aromatic carbocycles. The van der Waals surface area contributed by atoms with E-state index in [1.165, 1.54) is 0 Å². The van der Waals surface area contributed by atoms with Crippen LogP contribution in [0, 0.1) is 5.92 Å². The lowest BCUT2D eigenvalue weighted by Gasteiger charge is -2.28. The number of fused-ring (bicyclic) bond motifs is 1. The number of nitrogens with zero attached hydrogens (tertiary/aromatic N) is 2. The van der Waals surface area contributed by atoms with Crippen LogP contribution in [0.2, 0.25) is 5.02 Å². The van der Waals surface area contributed by atoms with Gasteiger partial charge in [0.2, 0.25) is 5.92 Å². The van der Waals surface area contributed by atoms with Gasteiger partial charge >= 0.3 is 0 Å². The number of aliphatic hydroxyl groups excluding tert-OH is 1. The number of aliphatic hydroxyl groups is 1. The maximum absolute atomic E-state index is 13.3. The number of rotatable bonds is 7. The highest BCUT2D eigenvalue weighted by atomic mass is 35.5. The van der Waals surface area contributed by atoms with Crippen LogP contribution in [0.1, 0.15) is 48.9 Å². The third-order valence-electron chi connectivity index (χ3n) is 5.53. The second kappa shape index (κ2) is 8.70. The maximum Gasteiger partial charge on any atom is 0.248 e. The van der Waals surface area contributed by atoms with Gasteiger partial charge in [-0.25, -0.2) is 13.8 Å². The summed E-state index contributed by atoms with van der Waals surface area (Å²) in [5.41, 5.74) is 1.11. The Bertz CT molecular complexity index is 850. The van der Waals surface area contributed by atoms with Crippen molar-refractivity contribution in [3.63, 3.8) is 0 Å². The molecule has 0 aliphatic heterocycles. The number of Topliss-reactive ketones (excluding diaryl/α,β-unsaturated/α-hetero) is 1. The number of likely N-dealkylation sites (N-methyl/N-ethyl adjacent to an activating group) is 1. The van der Waals surface area contributed by atoms with Crippen LogP contribution in [0.4, 0.5) is 14.6 Å². The van der Waals surface area contributed by atoms with E-state index in [-0.39, 0.29) is 31.1 Å². The molecule has 28 heavy (non-hydrogen) atoms. The van der Waals surface area contributed by atoms with Crippen LogP contribution in [0.25, 0.3) is 10.9 Å². The molecule has 1 N–H and O–H groups in total. The smallest absolute Gasteiger partial charge is 0.248 e. The minimum Gasteiger partial charge on any atom is -0.395 e. The van der Waals surface area contributed by atoms with Gasteiger partial charge in [0.25, 0.3) is 0 Å². The standard InChI is InChI=1S/C21H25ClF2N2O2/c1-26(12-13-27)19-7-3-15-17(25-19)5-4-16(22)20(15)18(28)6-2-14-8-10-21(23,24)11-9-14/h3-5,7,14,27H,2,6,8-13H2,1H3. The SMILES string of the molecule is CN(CCO)c1ccc2c(C(=O)CCC3CCC(F)(F)CC3)c(Cl)ccc2n1. The number of pyridine rings is 1. The molecule has 1 aromatic heterocycles. The summed E-state index contributed by atoms with van der Waals surface area (Å²) in [5, 5.41) is 10.2. The van der Waals surface area contributed by atoms with Gasteiger partial charge in [0.1, 0.15) is 5.82 Å². The zero-order valence-electron chi connectivity index (χ0n) is 15.9. The predicted octanol–water partition coefficient (Wildman–Crippen LogP) is 5.11. The van der Waals surface area contributed by atoms with Crippen molar-refractivity contribution in [2.75, 3.05) is 25.1 Å². The summed E-state index contributed by atoms with van der Waals surface area (Å²) >= 11 is 6.32. The van der Waals surface area contributed by atoms with E-state index in [1.54, 1.807) is 18.2 Å². The minimum atomic E-state index is -2.55. The predicted molar refractivity (Wildman–Crippen MR) is 108 cm³/mol. The highest BCUT2D eigenvalue weighted by molar-refractivity contribution is 6.35. The molecule has 1 aliphatic rings. The fraction of sp³-hybridized carbons (Fsp3) is 0.524. The van der Waals surface area contributed by atoms with Gasteiger partial charge in [-0.05, 0) is 49.4 Å². The van der Waals surface area contributed by atoms with E-state index in [1.807, 2.05) is 18.0 Å². The fourth-order valence-electron chi connectivity index (χ4n) is 3.78. The number of ketones is 1. The third kappa shape index (κ3) is 4.78. The number of halogens is 3. The van der Waals surface area contributed by atoms with Crippen LogP contribution in [0.15, 0.2) is 24.3 Å². The van der Waals surface area contributed by atoms with Crippen molar-refractivity contribution >= 4 is 34.1 Å². The van der Waals surface area contributed by atoms with Gasteiger partial charge in [-0.15, -0.1) is 0 Å². The summed E-state index contributed by atoms with van der Waals surface area (Å²) < 4.78 is 26.6. The lowest BCUT2D eigenvalue weighted by molar-refractivity contribution is -0.0464. The summed E-state index contributed by atoms with van der Waals surface area (Å²) in [6.07, 6.45) is 1.65. The maximum atomic E-state index is 13.3. The van der Waals surface area contributed by atoms with Gasteiger partial charge in [-0.3, -0.25) is 4.79 Å². The first-order chi connectivity index (χ1) is 13.3. The van der Waals surface area contributed by atoms with Gasteiger partial charge < -0.3 is 10.0 Å². The molecule has 0 radical (unpaired) electrons. The van der Waals surface area contributed by atoms with Gasteiger partial charge in [0.15, 0.2) is 5.78 Å². The Morgan fingerprint density at radius 2 is 2.00 bits per heavy atom. The van der Waals surface area contributed by atoms with Crippen molar-refractivity contribution < 1.29 is 18.7 Å². The summed E-state index contributed by atoms with van der Waals surface area (Å²) in [5.74, 6) is -1.77. The highest BCUT2D eigenvalue weighted by Gasteiger charge is 2.34. The van der Waals surface area contributed by atoms with Gasteiger partial charge in [0.05, 0.1) is 17.1 Å². The topological polar surface area (TPSA) is 53.4 Å². The molecular formula is C21H25ClF2N2O2. The van der Waals surface area contributed by atoms with Crippen LogP contribution in [-0.4, -0.2) is 42.0 Å². The Balaban J connectivity index is 1.76. The van der Waals surface area contributed by atoms with Gasteiger partial charge in [0, 0.05) is 43.8 Å². The Labute approximate surface area is 168 Å². The lowest BCUT2D eigenvalue weighted by Crippen LogP contribution is -2.24. The van der Waals surface area contributed by atoms with Crippen molar-refractivity contribution in [2.24, 2.45) is 5.92 Å². The number of hydrogen-bond acceptors (Lipinski definition) is 4. The molecule has 0 saturated heterocycles. The largest absolute Gasteiger partial charge is 0.395 e. The Kier molecular flexibility index (Phi) is 6.50. The van der Waals surface area contributed by atoms with E-state index >= 15 is 0 Å². The van der Waals surface area contributed by atoms with Crippen LogP contribution in [-0.2, 0) is 0 Å². The van der Waals surface area contributed by atoms with Crippen molar-refractivity contribution in [2.45, 2.75) is 44.4 Å². The number of carbonyl (C=O) groups excluding carboxylic acids is 1. The molecule has 0 atom stereocenters. The number of aromatic nitrogens is 1. The molecule has 1 saturated carbocycles. The molecule has 4 nitrogen and oxygen atoms in total. The molecule has 1 aliphatic carbocycles. The summed E-state index contributed by atoms with van der Waals surface area (Å²) in [6.45, 7) is 0.478. The number of alkyl halides is 2. The van der Waals surface area contributed by atoms with E-state index in [4.69, 9.17) is 16.7 Å². The molecule has 1 heterocycles. The van der Waals surface area contributed by atoms with Crippen molar-refractivity contribution in [1.82, 2.24) is 4.98 Å². The summed E-state index contributed by atoms with van der Waals surface area (Å²) in [7, 11) is 1.83. The number of anilines is 1. The van der Waals surface area contributed by atoms with Crippen LogP contribution >= 0.6 is 11.6 Å². The van der Waals surface area contributed by atoms with Gasteiger partial charge in [-0.1, -0.05) is 11.6 Å². The molecule has 0 spiro atoms. The Morgan fingerprint density at radius 3 is 2.68 bits per heavy atom. The van der Waals surface area contributed by atoms with E-state index in [0.29, 0.717) is 59.5 Å². The second-order valence-electron chi connectivity index (χ2n) is 7.56. The average Bonchev–Trinajstić information content (AvgIpc) is 2.66. The second-order valence-corrected chi connectivity index (χ2v) is 7.97. The van der Waals surface area contributed by atoms with E-state index in [9.17, 15) is 13.6 Å².